The van der Waals surface area contributed by atoms with E-state index in [1.807, 2.05) is 0 Å². The van der Waals surface area contributed by atoms with Crippen LogP contribution in [-0.2, 0) is 25.5 Å². The van der Waals surface area contributed by atoms with E-state index in [4.69, 9.17) is 28.1 Å². The van der Waals surface area contributed by atoms with E-state index in [9.17, 15) is 19.2 Å². The van der Waals surface area contributed by atoms with Crippen LogP contribution in [0.25, 0.3) is 22.1 Å². The lowest BCUT2D eigenvalue weighted by Gasteiger charge is -2.39. The molecule has 10 nitrogen and oxygen atoms in total. The first kappa shape index (κ1) is 25.7. The van der Waals surface area contributed by atoms with Crippen molar-refractivity contribution in [2.45, 2.75) is 52.7 Å². The van der Waals surface area contributed by atoms with Crippen molar-refractivity contribution in [3.8, 4) is 34.1 Å². The normalized spacial score (nSPS) is 15.8. The molecule has 2 heterocycles. The summed E-state index contributed by atoms with van der Waals surface area (Å²) in [6, 6.07) is 7.46. The van der Waals surface area contributed by atoms with E-state index in [2.05, 4.69) is 0 Å². The molecule has 4 rings (SSSR count). The second-order valence-electron chi connectivity index (χ2n) is 9.10. The summed E-state index contributed by atoms with van der Waals surface area (Å²) in [6.07, 6.45) is -0.269. The summed E-state index contributed by atoms with van der Waals surface area (Å²) in [7, 11) is 1.47. The lowest BCUT2D eigenvalue weighted by atomic mass is 9.89. The van der Waals surface area contributed by atoms with Gasteiger partial charge in [-0.2, -0.15) is 0 Å². The lowest BCUT2D eigenvalue weighted by molar-refractivity contribution is -0.158. The van der Waals surface area contributed by atoms with Crippen LogP contribution in [-0.4, -0.2) is 36.7 Å². The van der Waals surface area contributed by atoms with Crippen molar-refractivity contribution in [3.05, 3.63) is 46.3 Å². The van der Waals surface area contributed by atoms with Gasteiger partial charge in [-0.1, -0.05) is 0 Å². The van der Waals surface area contributed by atoms with Crippen LogP contribution >= 0.6 is 0 Å². The molecule has 0 saturated heterocycles. The number of benzene rings is 2. The number of hydrogen-bond donors (Lipinski definition) is 0. The van der Waals surface area contributed by atoms with Crippen molar-refractivity contribution in [2.75, 3.05) is 7.11 Å². The molecular formula is C27H26O10. The number of ether oxygens (including phenoxy) is 5. The summed E-state index contributed by atoms with van der Waals surface area (Å²) in [5.74, 6) is -0.646. The fourth-order valence-electron chi connectivity index (χ4n) is 4.31. The van der Waals surface area contributed by atoms with Gasteiger partial charge in [0.05, 0.1) is 18.1 Å². The van der Waals surface area contributed by atoms with Crippen molar-refractivity contribution in [1.82, 2.24) is 0 Å². The van der Waals surface area contributed by atoms with Gasteiger partial charge in [0.25, 0.3) is 0 Å². The minimum absolute atomic E-state index is 0.00910. The van der Waals surface area contributed by atoms with E-state index in [-0.39, 0.29) is 28.2 Å². The molecule has 0 fully saturated rings. The summed E-state index contributed by atoms with van der Waals surface area (Å²) < 4.78 is 33.4. The van der Waals surface area contributed by atoms with Gasteiger partial charge in [-0.05, 0) is 32.0 Å². The van der Waals surface area contributed by atoms with Crippen LogP contribution < -0.4 is 24.6 Å². The van der Waals surface area contributed by atoms with Crippen molar-refractivity contribution >= 4 is 28.9 Å². The number of carbonyl (C=O) groups is 3. The summed E-state index contributed by atoms with van der Waals surface area (Å²) >= 11 is 0. The van der Waals surface area contributed by atoms with Gasteiger partial charge in [0.2, 0.25) is 0 Å². The number of methoxy groups -OCH3 is 1. The number of carbonyl (C=O) groups excluding carboxylic acids is 3. The molecule has 37 heavy (non-hydrogen) atoms. The third-order valence-corrected chi connectivity index (χ3v) is 5.86. The smallest absolute Gasteiger partial charge is 0.344 e. The van der Waals surface area contributed by atoms with E-state index in [1.165, 1.54) is 46.1 Å². The van der Waals surface area contributed by atoms with E-state index >= 15 is 0 Å². The summed E-state index contributed by atoms with van der Waals surface area (Å²) in [4.78, 5) is 47.9. The number of rotatable bonds is 5. The second kappa shape index (κ2) is 9.61. The average Bonchev–Trinajstić information content (AvgIpc) is 2.77. The van der Waals surface area contributed by atoms with E-state index in [1.54, 1.807) is 26.0 Å². The standard InChI is InChI=1S/C27H26O10/c1-13(28)33-16-7-8-17(21(9-16)34-14(2)29)18-10-19-22(36-26(18)31)12-23-20(25(19)32-6)11-24(35-15(3)30)27(4,5)37-23/h7-10,12,24H,11H2,1-6H3. The van der Waals surface area contributed by atoms with E-state index < -0.39 is 35.2 Å². The molecular weight excluding hydrogens is 484 g/mol. The summed E-state index contributed by atoms with van der Waals surface area (Å²) in [6.45, 7) is 7.38. The van der Waals surface area contributed by atoms with Gasteiger partial charge in [0.1, 0.15) is 40.3 Å². The molecule has 0 amide bonds. The molecule has 1 unspecified atom stereocenters. The number of fused-ring (bicyclic) bond motifs is 2. The van der Waals surface area contributed by atoms with Crippen molar-refractivity contribution < 1.29 is 42.5 Å². The highest BCUT2D eigenvalue weighted by Crippen LogP contribution is 2.45. The Kier molecular flexibility index (Phi) is 6.68. The highest BCUT2D eigenvalue weighted by molar-refractivity contribution is 5.91. The van der Waals surface area contributed by atoms with Crippen molar-refractivity contribution in [2.24, 2.45) is 0 Å². The lowest BCUT2D eigenvalue weighted by Crippen LogP contribution is -2.48. The maximum atomic E-state index is 13.1. The van der Waals surface area contributed by atoms with Crippen LogP contribution in [0.5, 0.6) is 23.0 Å². The van der Waals surface area contributed by atoms with Crippen LogP contribution in [0.4, 0.5) is 0 Å². The molecule has 1 aliphatic heterocycles. The maximum Gasteiger partial charge on any atom is 0.344 e. The van der Waals surface area contributed by atoms with Crippen LogP contribution in [0.15, 0.2) is 39.5 Å². The fraction of sp³-hybridized carbons (Fsp3) is 0.333. The molecule has 10 heteroatoms. The van der Waals surface area contributed by atoms with Gasteiger partial charge in [0.15, 0.2) is 0 Å². The van der Waals surface area contributed by atoms with Gasteiger partial charge < -0.3 is 28.1 Å². The molecule has 0 N–H and O–H groups in total. The van der Waals surface area contributed by atoms with Crippen LogP contribution in [0.2, 0.25) is 0 Å². The SMILES string of the molecule is COc1c2c(cc3oc(=O)c(-c4ccc(OC(C)=O)cc4OC(C)=O)cc13)OC(C)(C)C(OC(C)=O)C2. The zero-order valence-corrected chi connectivity index (χ0v) is 21.3. The highest BCUT2D eigenvalue weighted by atomic mass is 16.6. The van der Waals surface area contributed by atoms with Crippen molar-refractivity contribution in [1.29, 1.82) is 0 Å². The molecule has 0 aliphatic carbocycles. The van der Waals surface area contributed by atoms with Crippen LogP contribution in [0.1, 0.15) is 40.2 Å². The quantitative estimate of drug-likeness (QED) is 0.283. The van der Waals surface area contributed by atoms with Crippen LogP contribution in [0.3, 0.4) is 0 Å². The monoisotopic (exact) mass is 510 g/mol. The van der Waals surface area contributed by atoms with Crippen molar-refractivity contribution in [3.63, 3.8) is 0 Å². The third-order valence-electron chi connectivity index (χ3n) is 5.86. The topological polar surface area (TPSA) is 128 Å². The molecule has 0 spiro atoms. The van der Waals surface area contributed by atoms with E-state index in [0.29, 0.717) is 28.9 Å². The Morgan fingerprint density at radius 2 is 1.65 bits per heavy atom. The molecule has 1 aliphatic rings. The Morgan fingerprint density at radius 3 is 2.27 bits per heavy atom. The minimum atomic E-state index is -0.833. The Bertz CT molecular complexity index is 1480. The maximum absolute atomic E-state index is 13.1. The Labute approximate surface area is 212 Å². The van der Waals surface area contributed by atoms with Gasteiger partial charge in [-0.25, -0.2) is 4.79 Å². The summed E-state index contributed by atoms with van der Waals surface area (Å²) in [5.41, 5.74) is -0.333. The number of hydrogen-bond acceptors (Lipinski definition) is 10. The largest absolute Gasteiger partial charge is 0.496 e. The molecule has 194 valence electrons. The zero-order chi connectivity index (χ0) is 27.1. The van der Waals surface area contributed by atoms with Crippen LogP contribution in [0, 0.1) is 0 Å². The Balaban J connectivity index is 1.91. The zero-order valence-electron chi connectivity index (χ0n) is 21.3. The van der Waals surface area contributed by atoms with Gasteiger partial charge in [0, 0.05) is 50.5 Å². The predicted molar refractivity (Wildman–Crippen MR) is 131 cm³/mol. The molecule has 0 radical (unpaired) electrons. The van der Waals surface area contributed by atoms with Gasteiger partial charge in [-0.3, -0.25) is 14.4 Å². The first-order valence-electron chi connectivity index (χ1n) is 11.4. The molecule has 1 atom stereocenters. The fourth-order valence-corrected chi connectivity index (χ4v) is 4.31. The second-order valence-corrected chi connectivity index (χ2v) is 9.10. The Morgan fingerprint density at radius 1 is 0.946 bits per heavy atom. The first-order chi connectivity index (χ1) is 17.4. The van der Waals surface area contributed by atoms with E-state index in [0.717, 1.165) is 0 Å². The summed E-state index contributed by atoms with van der Waals surface area (Å²) in [5, 5.41) is 0.457. The predicted octanol–water partition coefficient (Wildman–Crippen LogP) is 3.96. The van der Waals surface area contributed by atoms with Gasteiger partial charge in [-0.15, -0.1) is 0 Å². The average molecular weight is 510 g/mol. The highest BCUT2D eigenvalue weighted by Gasteiger charge is 2.41. The van der Waals surface area contributed by atoms with Gasteiger partial charge >= 0.3 is 23.5 Å². The molecule has 0 bridgehead atoms. The molecule has 3 aromatic rings. The minimum Gasteiger partial charge on any atom is -0.496 e. The molecule has 2 aromatic carbocycles. The Hall–Kier alpha value is -4.34. The first-order valence-corrected chi connectivity index (χ1v) is 11.4. The third kappa shape index (κ3) is 5.13. The molecule has 1 aromatic heterocycles. The number of esters is 3. The molecule has 0 saturated carbocycles.